The topological polar surface area (TPSA) is 64.3 Å². The first kappa shape index (κ1) is 15.4. The van der Waals surface area contributed by atoms with Crippen LogP contribution in [0.1, 0.15) is 28.4 Å². The molecular formula is C16H13F3N2O2. The van der Waals surface area contributed by atoms with Crippen LogP contribution in [0.4, 0.5) is 18.9 Å². The molecular weight excluding hydrogens is 309 g/mol. The molecule has 3 N–H and O–H groups in total. The first-order valence-electron chi connectivity index (χ1n) is 6.94. The fraction of sp³-hybridized carbons (Fsp3) is 0.188. The van der Waals surface area contributed by atoms with Gasteiger partial charge < -0.3 is 15.8 Å². The van der Waals surface area contributed by atoms with Crippen LogP contribution in [0.3, 0.4) is 0 Å². The zero-order valence-electron chi connectivity index (χ0n) is 11.9. The normalized spacial score (nSPS) is 16.4. The number of hydrogen-bond acceptors (Lipinski definition) is 3. The molecule has 0 spiro atoms. The van der Waals surface area contributed by atoms with Crippen molar-refractivity contribution in [1.29, 1.82) is 0 Å². The summed E-state index contributed by atoms with van der Waals surface area (Å²) in [7, 11) is 0. The van der Waals surface area contributed by atoms with Crippen molar-refractivity contribution in [2.45, 2.75) is 12.5 Å². The molecule has 4 nitrogen and oxygen atoms in total. The average Bonchev–Trinajstić information content (AvgIpc) is 2.51. The molecule has 0 saturated carbocycles. The molecule has 0 fully saturated rings. The van der Waals surface area contributed by atoms with Crippen LogP contribution in [0.15, 0.2) is 30.3 Å². The van der Waals surface area contributed by atoms with E-state index in [1.807, 2.05) is 0 Å². The maximum absolute atomic E-state index is 14.1. The molecule has 3 rings (SSSR count). The Kier molecular flexibility index (Phi) is 3.96. The number of amides is 1. The second kappa shape index (κ2) is 5.92. The van der Waals surface area contributed by atoms with Gasteiger partial charge in [0, 0.05) is 29.8 Å². The fourth-order valence-corrected chi connectivity index (χ4v) is 2.44. The number of hydrogen-bond donors (Lipinski definition) is 2. The van der Waals surface area contributed by atoms with Crippen molar-refractivity contribution in [3.05, 3.63) is 58.9 Å². The zero-order valence-corrected chi connectivity index (χ0v) is 11.9. The van der Waals surface area contributed by atoms with Crippen molar-refractivity contribution in [1.82, 2.24) is 0 Å². The molecule has 2 aromatic carbocycles. The molecule has 1 aliphatic rings. The highest BCUT2D eigenvalue weighted by atomic mass is 19.2. The van der Waals surface area contributed by atoms with E-state index in [1.165, 1.54) is 12.1 Å². The molecule has 0 radical (unpaired) electrons. The van der Waals surface area contributed by atoms with E-state index in [9.17, 15) is 18.0 Å². The van der Waals surface area contributed by atoms with Crippen molar-refractivity contribution in [3.8, 4) is 5.75 Å². The highest BCUT2D eigenvalue weighted by molar-refractivity contribution is 6.06. The largest absolute Gasteiger partial charge is 0.492 e. The third-order valence-electron chi connectivity index (χ3n) is 3.62. The molecule has 0 saturated heterocycles. The Morgan fingerprint density at radius 2 is 1.87 bits per heavy atom. The van der Waals surface area contributed by atoms with Crippen LogP contribution in [-0.4, -0.2) is 12.5 Å². The number of benzene rings is 2. The molecule has 0 aliphatic carbocycles. The number of rotatable bonds is 2. The van der Waals surface area contributed by atoms with E-state index in [0.29, 0.717) is 12.0 Å². The Hall–Kier alpha value is -2.54. The molecule has 1 aliphatic heterocycles. The van der Waals surface area contributed by atoms with Gasteiger partial charge in [0.15, 0.2) is 11.6 Å². The molecule has 0 unspecified atom stereocenters. The van der Waals surface area contributed by atoms with Crippen molar-refractivity contribution in [2.24, 2.45) is 5.73 Å². The Bertz CT molecular complexity index is 780. The molecule has 1 heterocycles. The van der Waals surface area contributed by atoms with Crippen LogP contribution in [0, 0.1) is 17.5 Å². The summed E-state index contributed by atoms with van der Waals surface area (Å²) in [5.74, 6) is -3.67. The van der Waals surface area contributed by atoms with Crippen LogP contribution < -0.4 is 15.8 Å². The minimum Gasteiger partial charge on any atom is -0.492 e. The maximum Gasteiger partial charge on any atom is 0.262 e. The van der Waals surface area contributed by atoms with Crippen molar-refractivity contribution in [2.75, 3.05) is 11.9 Å². The quantitative estimate of drug-likeness (QED) is 0.893. The van der Waals surface area contributed by atoms with Gasteiger partial charge in [0.1, 0.15) is 17.1 Å². The molecule has 0 bridgehead atoms. The summed E-state index contributed by atoms with van der Waals surface area (Å²) >= 11 is 0. The van der Waals surface area contributed by atoms with Crippen molar-refractivity contribution < 1.29 is 22.7 Å². The van der Waals surface area contributed by atoms with Crippen molar-refractivity contribution >= 4 is 11.6 Å². The number of halogens is 3. The van der Waals surface area contributed by atoms with Crippen molar-refractivity contribution in [3.63, 3.8) is 0 Å². The van der Waals surface area contributed by atoms with Gasteiger partial charge in [-0.15, -0.1) is 0 Å². The monoisotopic (exact) mass is 322 g/mol. The number of nitrogens with one attached hydrogen (secondary N) is 1. The number of fused-ring (bicyclic) bond motifs is 1. The van der Waals surface area contributed by atoms with Gasteiger partial charge in [-0.2, -0.15) is 0 Å². The lowest BCUT2D eigenvalue weighted by Gasteiger charge is -2.25. The first-order valence-corrected chi connectivity index (χ1v) is 6.94. The van der Waals surface area contributed by atoms with Crippen LogP contribution in [0.25, 0.3) is 0 Å². The first-order chi connectivity index (χ1) is 11.0. The van der Waals surface area contributed by atoms with E-state index in [2.05, 4.69) is 5.32 Å². The molecule has 120 valence electrons. The van der Waals surface area contributed by atoms with Gasteiger partial charge in [-0.1, -0.05) is 6.07 Å². The molecule has 0 aromatic heterocycles. The lowest BCUT2D eigenvalue weighted by molar-refractivity contribution is 0.101. The average molecular weight is 322 g/mol. The molecule has 7 heteroatoms. The van der Waals surface area contributed by atoms with E-state index in [0.717, 1.165) is 18.2 Å². The fourth-order valence-electron chi connectivity index (χ4n) is 2.44. The Morgan fingerprint density at radius 3 is 2.61 bits per heavy atom. The van der Waals surface area contributed by atoms with Gasteiger partial charge in [-0.3, -0.25) is 4.79 Å². The smallest absolute Gasteiger partial charge is 0.262 e. The minimum absolute atomic E-state index is 0.00557. The Morgan fingerprint density at radius 1 is 1.13 bits per heavy atom. The highest BCUT2D eigenvalue weighted by Crippen LogP contribution is 2.35. The zero-order chi connectivity index (χ0) is 16.6. The van der Waals surface area contributed by atoms with Gasteiger partial charge in [0.05, 0.1) is 6.61 Å². The van der Waals surface area contributed by atoms with Crippen LogP contribution in [0.2, 0.25) is 0 Å². The van der Waals surface area contributed by atoms with Gasteiger partial charge in [-0.25, -0.2) is 13.2 Å². The van der Waals surface area contributed by atoms with E-state index in [1.54, 1.807) is 0 Å². The van der Waals surface area contributed by atoms with E-state index >= 15 is 0 Å². The predicted molar refractivity (Wildman–Crippen MR) is 77.8 cm³/mol. The van der Waals surface area contributed by atoms with Crippen LogP contribution in [-0.2, 0) is 0 Å². The summed E-state index contributed by atoms with van der Waals surface area (Å²) in [5, 5.41) is 2.33. The van der Waals surface area contributed by atoms with E-state index in [4.69, 9.17) is 10.5 Å². The number of anilines is 1. The lowest BCUT2D eigenvalue weighted by atomic mass is 9.97. The minimum atomic E-state index is -1.11. The standard InChI is InChI=1S/C16H13F3N2O2/c17-10-3-1-8(7-12(10)19)21-16(22)14-11(18)4-2-9-13(20)5-6-23-15(9)14/h1-4,7,13H,5-6,20H2,(H,21,22)/t13-/m0/s1. The molecule has 23 heavy (non-hydrogen) atoms. The third-order valence-corrected chi connectivity index (χ3v) is 3.62. The SMILES string of the molecule is N[C@H]1CCOc2c1ccc(F)c2C(=O)Nc1ccc(F)c(F)c1. The van der Waals surface area contributed by atoms with Gasteiger partial charge in [-0.05, 0) is 18.2 Å². The second-order valence-electron chi connectivity index (χ2n) is 5.17. The third kappa shape index (κ3) is 2.87. The maximum atomic E-state index is 14.1. The van der Waals surface area contributed by atoms with Crippen LogP contribution in [0.5, 0.6) is 5.75 Å². The van der Waals surface area contributed by atoms with E-state index < -0.39 is 23.4 Å². The summed E-state index contributed by atoms with van der Waals surface area (Å²) in [6.07, 6.45) is 0.558. The predicted octanol–water partition coefficient (Wildman–Crippen LogP) is 3.14. The summed E-state index contributed by atoms with van der Waals surface area (Å²) in [6, 6.07) is 5.11. The van der Waals surface area contributed by atoms with Gasteiger partial charge in [0.2, 0.25) is 0 Å². The molecule has 1 amide bonds. The molecule has 1 atom stereocenters. The van der Waals surface area contributed by atoms with E-state index in [-0.39, 0.29) is 29.6 Å². The second-order valence-corrected chi connectivity index (χ2v) is 5.17. The number of carbonyl (C=O) groups is 1. The van der Waals surface area contributed by atoms with Crippen LogP contribution >= 0.6 is 0 Å². The Balaban J connectivity index is 1.96. The summed E-state index contributed by atoms with van der Waals surface area (Å²) in [4.78, 5) is 12.3. The van der Waals surface area contributed by atoms with Gasteiger partial charge >= 0.3 is 0 Å². The Labute approximate surface area is 130 Å². The summed E-state index contributed by atoms with van der Waals surface area (Å²) in [6.45, 7) is 0.267. The number of ether oxygens (including phenoxy) is 1. The highest BCUT2D eigenvalue weighted by Gasteiger charge is 2.27. The molecule has 2 aromatic rings. The number of carbonyl (C=O) groups excluding carboxylic acids is 1. The van der Waals surface area contributed by atoms with Gasteiger partial charge in [0.25, 0.3) is 5.91 Å². The number of nitrogens with two attached hydrogens (primary N) is 1. The lowest BCUT2D eigenvalue weighted by Crippen LogP contribution is -2.24. The summed E-state index contributed by atoms with van der Waals surface area (Å²) < 4.78 is 45.6. The summed E-state index contributed by atoms with van der Waals surface area (Å²) in [5.41, 5.74) is 6.17.